The van der Waals surface area contributed by atoms with Crippen LogP contribution in [0.5, 0.6) is 0 Å². The number of carbonyl (C=O) groups is 1. The first kappa shape index (κ1) is 16.9. The van der Waals surface area contributed by atoms with Gasteiger partial charge in [0.2, 0.25) is 0 Å². The van der Waals surface area contributed by atoms with Crippen molar-refractivity contribution in [1.29, 1.82) is 0 Å². The third-order valence-corrected chi connectivity index (χ3v) is 3.31. The monoisotopic (exact) mass is 295 g/mol. The first-order valence-electron chi connectivity index (χ1n) is 6.74. The Morgan fingerprint density at radius 1 is 1.48 bits per heavy atom. The van der Waals surface area contributed by atoms with Crippen molar-refractivity contribution in [3.05, 3.63) is 33.4 Å². The summed E-state index contributed by atoms with van der Waals surface area (Å²) in [6.07, 6.45) is 0.414. The molecule has 4 N–H and O–H groups in total. The number of nitro groups is 1. The number of amides is 1. The topological polar surface area (TPSA) is 118 Å². The minimum atomic E-state index is -0.604. The highest BCUT2D eigenvalue weighted by molar-refractivity contribution is 6.01. The van der Waals surface area contributed by atoms with Crippen LogP contribution in [0.4, 0.5) is 11.4 Å². The number of anilines is 1. The molecule has 0 spiro atoms. The molecule has 0 fully saturated rings. The summed E-state index contributed by atoms with van der Waals surface area (Å²) >= 11 is 0. The van der Waals surface area contributed by atoms with Gasteiger partial charge in [-0.3, -0.25) is 14.9 Å². The van der Waals surface area contributed by atoms with Crippen molar-refractivity contribution in [3.63, 3.8) is 0 Å². The number of nitrogen functional groups attached to an aromatic ring is 1. The Bertz CT molecular complexity index is 543. The quantitative estimate of drug-likeness (QED) is 0.418. The molecule has 0 aromatic heterocycles. The van der Waals surface area contributed by atoms with Gasteiger partial charge in [0.15, 0.2) is 0 Å². The van der Waals surface area contributed by atoms with E-state index in [-0.39, 0.29) is 35.5 Å². The number of nitrogens with zero attached hydrogens (tertiary/aromatic N) is 1. The predicted octanol–water partition coefficient (Wildman–Crippen LogP) is 1.62. The number of nitro benzene ring substituents is 1. The van der Waals surface area contributed by atoms with Crippen LogP contribution in [-0.2, 0) is 0 Å². The molecule has 0 heterocycles. The fraction of sp³-hybridized carbons (Fsp3) is 0.500. The summed E-state index contributed by atoms with van der Waals surface area (Å²) in [5.41, 5.74) is 5.99. The average Bonchev–Trinajstić information content (AvgIpc) is 2.39. The van der Waals surface area contributed by atoms with E-state index in [0.717, 1.165) is 0 Å². The second-order valence-corrected chi connectivity index (χ2v) is 5.34. The molecule has 0 aliphatic carbocycles. The molecule has 0 saturated heterocycles. The molecule has 7 nitrogen and oxygen atoms in total. The van der Waals surface area contributed by atoms with Gasteiger partial charge in [-0.1, -0.05) is 13.8 Å². The summed E-state index contributed by atoms with van der Waals surface area (Å²) in [5.74, 6) is -0.339. The van der Waals surface area contributed by atoms with Gasteiger partial charge in [-0.05, 0) is 30.9 Å². The number of aryl methyl sites for hydroxylation is 1. The molecule has 1 aromatic rings. The van der Waals surface area contributed by atoms with Crippen LogP contribution >= 0.6 is 0 Å². The molecular weight excluding hydrogens is 274 g/mol. The average molecular weight is 295 g/mol. The SMILES string of the molecule is Cc1cc(C(=O)NC(CCO)C(C)C)c(N)c([N+](=O)[O-])c1. The number of nitrogens with two attached hydrogens (primary N) is 1. The highest BCUT2D eigenvalue weighted by Crippen LogP contribution is 2.27. The Balaban J connectivity index is 3.10. The lowest BCUT2D eigenvalue weighted by atomic mass is 10.00. The van der Waals surface area contributed by atoms with Crippen LogP contribution in [0, 0.1) is 23.0 Å². The zero-order valence-electron chi connectivity index (χ0n) is 12.4. The number of rotatable bonds is 6. The maximum absolute atomic E-state index is 12.3. The van der Waals surface area contributed by atoms with Crippen LogP contribution in [0.2, 0.25) is 0 Å². The zero-order valence-corrected chi connectivity index (χ0v) is 12.4. The molecule has 116 valence electrons. The Hall–Kier alpha value is -2.15. The lowest BCUT2D eigenvalue weighted by Crippen LogP contribution is -2.39. The van der Waals surface area contributed by atoms with Crippen LogP contribution in [0.15, 0.2) is 12.1 Å². The lowest BCUT2D eigenvalue weighted by molar-refractivity contribution is -0.384. The molecule has 0 saturated carbocycles. The zero-order chi connectivity index (χ0) is 16.2. The summed E-state index contributed by atoms with van der Waals surface area (Å²) < 4.78 is 0. The molecule has 0 radical (unpaired) electrons. The van der Waals surface area contributed by atoms with Crippen molar-refractivity contribution >= 4 is 17.3 Å². The second kappa shape index (κ2) is 7.03. The van der Waals surface area contributed by atoms with Crippen LogP contribution in [0.1, 0.15) is 36.2 Å². The molecule has 7 heteroatoms. The minimum Gasteiger partial charge on any atom is -0.396 e. The van der Waals surface area contributed by atoms with Gasteiger partial charge in [0, 0.05) is 18.7 Å². The van der Waals surface area contributed by atoms with Gasteiger partial charge >= 0.3 is 0 Å². The van der Waals surface area contributed by atoms with Crippen molar-refractivity contribution in [2.24, 2.45) is 5.92 Å². The van der Waals surface area contributed by atoms with Gasteiger partial charge in [0.05, 0.1) is 10.5 Å². The van der Waals surface area contributed by atoms with Crippen molar-refractivity contribution in [3.8, 4) is 0 Å². The Morgan fingerprint density at radius 3 is 2.57 bits per heavy atom. The first-order chi connectivity index (χ1) is 9.77. The molecule has 1 amide bonds. The number of hydrogen-bond donors (Lipinski definition) is 3. The van der Waals surface area contributed by atoms with Gasteiger partial charge in [-0.15, -0.1) is 0 Å². The van der Waals surface area contributed by atoms with Crippen molar-refractivity contribution in [2.45, 2.75) is 33.2 Å². The lowest BCUT2D eigenvalue weighted by Gasteiger charge is -2.22. The molecule has 0 aliphatic heterocycles. The third-order valence-electron chi connectivity index (χ3n) is 3.31. The van der Waals surface area contributed by atoms with Crippen LogP contribution in [0.25, 0.3) is 0 Å². The summed E-state index contributed by atoms with van der Waals surface area (Å²) in [7, 11) is 0. The number of nitrogens with one attached hydrogen (secondary N) is 1. The molecule has 21 heavy (non-hydrogen) atoms. The van der Waals surface area contributed by atoms with Crippen molar-refractivity contribution in [2.75, 3.05) is 12.3 Å². The number of aliphatic hydroxyl groups excluding tert-OH is 1. The fourth-order valence-corrected chi connectivity index (χ4v) is 2.07. The minimum absolute atomic E-state index is 0.0490. The van der Waals surface area contributed by atoms with Gasteiger partial charge in [-0.25, -0.2) is 0 Å². The number of hydrogen-bond acceptors (Lipinski definition) is 5. The Morgan fingerprint density at radius 2 is 2.10 bits per heavy atom. The van der Waals surface area contributed by atoms with Gasteiger partial charge < -0.3 is 16.2 Å². The summed E-state index contributed by atoms with van der Waals surface area (Å²) in [5, 5.41) is 22.7. The van der Waals surface area contributed by atoms with E-state index >= 15 is 0 Å². The largest absolute Gasteiger partial charge is 0.396 e. The highest BCUT2D eigenvalue weighted by atomic mass is 16.6. The van der Waals surface area contributed by atoms with E-state index in [4.69, 9.17) is 10.8 Å². The molecule has 1 unspecified atom stereocenters. The van der Waals surface area contributed by atoms with E-state index in [1.807, 2.05) is 13.8 Å². The molecule has 0 aliphatic rings. The Kier molecular flexibility index (Phi) is 5.66. The maximum Gasteiger partial charge on any atom is 0.293 e. The van der Waals surface area contributed by atoms with Crippen molar-refractivity contribution in [1.82, 2.24) is 5.32 Å². The second-order valence-electron chi connectivity index (χ2n) is 5.34. The highest BCUT2D eigenvalue weighted by Gasteiger charge is 2.23. The number of aliphatic hydroxyl groups is 1. The molecular formula is C14H21N3O4. The Labute approximate surface area is 123 Å². The predicted molar refractivity (Wildman–Crippen MR) is 80.0 cm³/mol. The smallest absolute Gasteiger partial charge is 0.293 e. The van der Waals surface area contributed by atoms with E-state index < -0.39 is 10.8 Å². The van der Waals surface area contributed by atoms with E-state index in [2.05, 4.69) is 5.32 Å². The van der Waals surface area contributed by atoms with E-state index in [1.54, 1.807) is 6.92 Å². The van der Waals surface area contributed by atoms with Crippen LogP contribution in [0.3, 0.4) is 0 Å². The van der Waals surface area contributed by atoms with E-state index in [0.29, 0.717) is 12.0 Å². The summed E-state index contributed by atoms with van der Waals surface area (Å²) in [4.78, 5) is 22.6. The molecule has 1 aromatic carbocycles. The van der Waals surface area contributed by atoms with E-state index in [9.17, 15) is 14.9 Å². The van der Waals surface area contributed by atoms with Gasteiger partial charge in [0.1, 0.15) is 5.69 Å². The number of benzene rings is 1. The third kappa shape index (κ3) is 4.16. The standard InChI is InChI=1S/C14H21N3O4/c1-8(2)11(4-5-18)16-14(19)10-6-9(3)7-12(13(10)15)17(20)21/h6-8,11,18H,4-5,15H2,1-3H3,(H,16,19). The van der Waals surface area contributed by atoms with E-state index in [1.165, 1.54) is 12.1 Å². The van der Waals surface area contributed by atoms with Gasteiger partial charge in [-0.2, -0.15) is 0 Å². The molecule has 0 bridgehead atoms. The molecule has 1 rings (SSSR count). The molecule has 1 atom stereocenters. The van der Waals surface area contributed by atoms with Crippen LogP contribution < -0.4 is 11.1 Å². The number of carbonyl (C=O) groups excluding carboxylic acids is 1. The summed E-state index contributed by atoms with van der Waals surface area (Å²) in [6, 6.07) is 2.63. The van der Waals surface area contributed by atoms with Crippen LogP contribution in [-0.4, -0.2) is 28.6 Å². The van der Waals surface area contributed by atoms with Crippen molar-refractivity contribution < 1.29 is 14.8 Å². The van der Waals surface area contributed by atoms with Gasteiger partial charge in [0.25, 0.3) is 11.6 Å². The summed E-state index contributed by atoms with van der Waals surface area (Å²) in [6.45, 7) is 5.45. The first-order valence-corrected chi connectivity index (χ1v) is 6.74. The maximum atomic E-state index is 12.3. The normalized spacial score (nSPS) is 12.2. The fourth-order valence-electron chi connectivity index (χ4n) is 2.07.